The molecule has 10 heteroatoms. The average Bonchev–Trinajstić information content (AvgIpc) is 3.72. The van der Waals surface area contributed by atoms with Gasteiger partial charge in [-0.3, -0.25) is 4.90 Å². The summed E-state index contributed by atoms with van der Waals surface area (Å²) in [5.74, 6) is 2.48. The predicted octanol–water partition coefficient (Wildman–Crippen LogP) is 6.65. The van der Waals surface area contributed by atoms with E-state index in [0.29, 0.717) is 31.3 Å². The van der Waals surface area contributed by atoms with E-state index in [-0.39, 0.29) is 11.9 Å². The van der Waals surface area contributed by atoms with Crippen LogP contribution in [0.5, 0.6) is 0 Å². The number of urea groups is 1. The average molecular weight is 600 g/mol. The molecule has 2 amide bonds. The van der Waals surface area contributed by atoms with Crippen LogP contribution in [0.2, 0.25) is 0 Å². The van der Waals surface area contributed by atoms with E-state index >= 15 is 0 Å². The zero-order valence-corrected chi connectivity index (χ0v) is 25.8. The van der Waals surface area contributed by atoms with Gasteiger partial charge in [0.25, 0.3) is 0 Å². The van der Waals surface area contributed by atoms with Crippen molar-refractivity contribution < 1.29 is 4.79 Å². The molecule has 0 saturated heterocycles. The van der Waals surface area contributed by atoms with Crippen LogP contribution in [0, 0.1) is 5.92 Å². The SMILES string of the molecule is CCCc1nc2ccc(N(CC(C)C)C(=O)NCc3ccccc3)nc2n1Cc1ccc(-c2ccccc2-c2nnn[nH]2)cc1. The molecule has 0 saturated carbocycles. The molecular weight excluding hydrogens is 562 g/mol. The number of hydrogen-bond donors (Lipinski definition) is 2. The third-order valence-corrected chi connectivity index (χ3v) is 7.62. The number of imidazole rings is 1. The number of nitrogens with zero attached hydrogens (tertiary/aromatic N) is 7. The van der Waals surface area contributed by atoms with Crippen molar-refractivity contribution in [3.05, 3.63) is 108 Å². The maximum Gasteiger partial charge on any atom is 0.323 e. The maximum atomic E-state index is 13.5. The summed E-state index contributed by atoms with van der Waals surface area (Å²) < 4.78 is 2.18. The third-order valence-electron chi connectivity index (χ3n) is 7.62. The van der Waals surface area contributed by atoms with Gasteiger partial charge in [-0.1, -0.05) is 99.6 Å². The largest absolute Gasteiger partial charge is 0.334 e. The Morgan fingerprint density at radius 1 is 0.889 bits per heavy atom. The van der Waals surface area contributed by atoms with Gasteiger partial charge in [0.05, 0.1) is 6.54 Å². The maximum absolute atomic E-state index is 13.5. The summed E-state index contributed by atoms with van der Waals surface area (Å²) in [6, 6.07) is 30.2. The highest BCUT2D eigenvalue weighted by Crippen LogP contribution is 2.30. The lowest BCUT2D eigenvalue weighted by Crippen LogP contribution is -2.42. The molecule has 0 fully saturated rings. The van der Waals surface area contributed by atoms with Crippen molar-refractivity contribution in [1.82, 2.24) is 40.5 Å². The Balaban J connectivity index is 1.29. The summed E-state index contributed by atoms with van der Waals surface area (Å²) in [5.41, 5.74) is 6.82. The summed E-state index contributed by atoms with van der Waals surface area (Å²) in [7, 11) is 0. The highest BCUT2D eigenvalue weighted by Gasteiger charge is 2.21. The number of amides is 2. The van der Waals surface area contributed by atoms with Crippen molar-refractivity contribution in [1.29, 1.82) is 0 Å². The number of pyridine rings is 1. The minimum atomic E-state index is -0.170. The molecule has 0 radical (unpaired) electrons. The molecule has 0 aliphatic carbocycles. The molecule has 3 aromatic carbocycles. The first-order valence-electron chi connectivity index (χ1n) is 15.4. The van der Waals surface area contributed by atoms with Crippen molar-refractivity contribution in [2.24, 2.45) is 5.92 Å². The van der Waals surface area contributed by atoms with Crippen LogP contribution >= 0.6 is 0 Å². The van der Waals surface area contributed by atoms with Gasteiger partial charge in [0.1, 0.15) is 17.2 Å². The van der Waals surface area contributed by atoms with Gasteiger partial charge in [-0.25, -0.2) is 19.9 Å². The monoisotopic (exact) mass is 599 g/mol. The van der Waals surface area contributed by atoms with E-state index in [0.717, 1.165) is 57.6 Å². The number of anilines is 1. The van der Waals surface area contributed by atoms with Gasteiger partial charge >= 0.3 is 6.03 Å². The molecule has 10 nitrogen and oxygen atoms in total. The first-order chi connectivity index (χ1) is 22.0. The van der Waals surface area contributed by atoms with Crippen molar-refractivity contribution in [3.8, 4) is 22.5 Å². The molecule has 228 valence electrons. The fourth-order valence-electron chi connectivity index (χ4n) is 5.47. The number of H-pyrrole nitrogens is 1. The minimum Gasteiger partial charge on any atom is -0.334 e. The number of nitrogens with one attached hydrogen (secondary N) is 2. The lowest BCUT2D eigenvalue weighted by Gasteiger charge is -2.24. The smallest absolute Gasteiger partial charge is 0.323 e. The number of fused-ring (bicyclic) bond motifs is 1. The van der Waals surface area contributed by atoms with Gasteiger partial charge in [0.15, 0.2) is 11.5 Å². The number of aromatic amines is 1. The van der Waals surface area contributed by atoms with Gasteiger partial charge in [-0.2, -0.15) is 0 Å². The molecule has 0 spiro atoms. The lowest BCUT2D eigenvalue weighted by molar-refractivity contribution is 0.245. The molecule has 6 rings (SSSR count). The molecule has 3 heterocycles. The molecule has 0 unspecified atom stereocenters. The molecule has 2 N–H and O–H groups in total. The fourth-order valence-corrected chi connectivity index (χ4v) is 5.47. The zero-order chi connectivity index (χ0) is 31.2. The lowest BCUT2D eigenvalue weighted by atomic mass is 9.98. The van der Waals surface area contributed by atoms with Gasteiger partial charge in [0.2, 0.25) is 0 Å². The molecule has 0 bridgehead atoms. The number of carbonyl (C=O) groups is 1. The number of tetrazole rings is 1. The van der Waals surface area contributed by atoms with E-state index in [1.165, 1.54) is 0 Å². The molecule has 45 heavy (non-hydrogen) atoms. The highest BCUT2D eigenvalue weighted by atomic mass is 16.2. The molecule has 0 atom stereocenters. The van der Waals surface area contributed by atoms with Crippen LogP contribution in [-0.4, -0.2) is 47.7 Å². The van der Waals surface area contributed by atoms with E-state index in [9.17, 15) is 4.79 Å². The van der Waals surface area contributed by atoms with Crippen LogP contribution in [0.25, 0.3) is 33.7 Å². The van der Waals surface area contributed by atoms with Gasteiger partial charge in [0, 0.05) is 25.1 Å². The van der Waals surface area contributed by atoms with Gasteiger partial charge in [-0.15, -0.1) is 5.10 Å². The van der Waals surface area contributed by atoms with E-state index in [1.54, 1.807) is 4.90 Å². The number of aromatic nitrogens is 7. The summed E-state index contributed by atoms with van der Waals surface area (Å²) in [6.45, 7) is 7.96. The Morgan fingerprint density at radius 2 is 1.64 bits per heavy atom. The molecular formula is C35H37N9O. The molecule has 3 aromatic heterocycles. The highest BCUT2D eigenvalue weighted by molar-refractivity contribution is 5.92. The summed E-state index contributed by atoms with van der Waals surface area (Å²) in [4.78, 5) is 25.2. The molecule has 6 aromatic rings. The Morgan fingerprint density at radius 3 is 2.36 bits per heavy atom. The summed E-state index contributed by atoms with van der Waals surface area (Å²) in [6.07, 6.45) is 1.79. The van der Waals surface area contributed by atoms with Crippen LogP contribution in [0.15, 0.2) is 91.0 Å². The Bertz CT molecular complexity index is 1860. The normalized spacial score (nSPS) is 11.3. The van der Waals surface area contributed by atoms with Crippen LogP contribution in [-0.2, 0) is 19.5 Å². The predicted molar refractivity (Wildman–Crippen MR) is 177 cm³/mol. The first-order valence-corrected chi connectivity index (χ1v) is 15.4. The van der Waals surface area contributed by atoms with E-state index in [2.05, 4.69) is 81.6 Å². The van der Waals surface area contributed by atoms with E-state index in [1.807, 2.05) is 60.7 Å². The minimum absolute atomic E-state index is 0.170. The quantitative estimate of drug-likeness (QED) is 0.172. The second-order valence-electron chi connectivity index (χ2n) is 11.5. The Hall–Kier alpha value is -5.38. The van der Waals surface area contributed by atoms with Gasteiger partial charge in [-0.05, 0) is 57.2 Å². The molecule has 0 aliphatic heterocycles. The zero-order valence-electron chi connectivity index (χ0n) is 25.8. The van der Waals surface area contributed by atoms with Crippen LogP contribution in [0.3, 0.4) is 0 Å². The van der Waals surface area contributed by atoms with Crippen LogP contribution < -0.4 is 10.2 Å². The first kappa shape index (κ1) is 29.7. The number of aryl methyl sites for hydroxylation is 1. The van der Waals surface area contributed by atoms with Crippen molar-refractivity contribution in [2.75, 3.05) is 11.4 Å². The number of benzene rings is 3. The van der Waals surface area contributed by atoms with Gasteiger partial charge < -0.3 is 9.88 Å². The van der Waals surface area contributed by atoms with Crippen LogP contribution in [0.1, 0.15) is 44.1 Å². The standard InChI is InChI=1S/C35H37N9O/c1-4-10-31-37-30-19-20-32(44(22-24(2)3)35(45)36-21-25-11-6-5-7-12-25)38-34(30)43(31)23-26-15-17-27(18-16-26)28-13-8-9-14-29(28)33-39-41-42-40-33/h5-9,11-20,24H,4,10,21-23H2,1-3H3,(H,36,45)(H,39,40,41,42). The van der Waals surface area contributed by atoms with E-state index < -0.39 is 0 Å². The summed E-state index contributed by atoms with van der Waals surface area (Å²) in [5, 5.41) is 17.5. The van der Waals surface area contributed by atoms with Crippen LogP contribution in [0.4, 0.5) is 10.6 Å². The second kappa shape index (κ2) is 13.5. The topological polar surface area (TPSA) is 118 Å². The third kappa shape index (κ3) is 6.75. The second-order valence-corrected chi connectivity index (χ2v) is 11.5. The number of hydrogen-bond acceptors (Lipinski definition) is 6. The fraction of sp³-hybridized carbons (Fsp3) is 0.257. The number of rotatable bonds is 11. The number of carbonyl (C=O) groups excluding carboxylic acids is 1. The molecule has 0 aliphatic rings. The van der Waals surface area contributed by atoms with Crippen molar-refractivity contribution in [2.45, 2.75) is 46.7 Å². The Kier molecular flexibility index (Phi) is 8.91. The van der Waals surface area contributed by atoms with Crippen molar-refractivity contribution in [3.63, 3.8) is 0 Å². The summed E-state index contributed by atoms with van der Waals surface area (Å²) >= 11 is 0. The Labute approximate surface area is 262 Å². The van der Waals surface area contributed by atoms with E-state index in [4.69, 9.17) is 9.97 Å². The van der Waals surface area contributed by atoms with Crippen molar-refractivity contribution >= 4 is 23.0 Å².